The average Bonchev–Trinajstić information content (AvgIpc) is 2.72. The number of nitrogens with one attached hydrogen (secondary N) is 3. The van der Waals surface area contributed by atoms with Gasteiger partial charge in [0, 0.05) is 18.8 Å². The maximum atomic E-state index is 11.8. The summed E-state index contributed by atoms with van der Waals surface area (Å²) in [5.74, 6) is 0.730. The molecule has 32 heavy (non-hydrogen) atoms. The summed E-state index contributed by atoms with van der Waals surface area (Å²) in [4.78, 5) is 16.4. The van der Waals surface area contributed by atoms with Crippen molar-refractivity contribution in [2.75, 3.05) is 18.4 Å². The Morgan fingerprint density at radius 2 is 1.81 bits per heavy atom. The highest BCUT2D eigenvalue weighted by Gasteiger charge is 2.16. The van der Waals surface area contributed by atoms with E-state index >= 15 is 0 Å². The molecule has 7 nitrogen and oxygen atoms in total. The van der Waals surface area contributed by atoms with Gasteiger partial charge in [-0.3, -0.25) is 5.32 Å². The second kappa shape index (κ2) is 13.6. The second-order valence-electron chi connectivity index (χ2n) is 8.01. The van der Waals surface area contributed by atoms with Crippen molar-refractivity contribution < 1.29 is 9.53 Å². The molecular formula is C24H32IN5O2. The molecular weight excluding hydrogens is 517 g/mol. The lowest BCUT2D eigenvalue weighted by Gasteiger charge is -2.19. The minimum atomic E-state index is -0.528. The summed E-state index contributed by atoms with van der Waals surface area (Å²) in [6, 6.07) is 17.3. The Hall–Kier alpha value is -2.80. The normalized spacial score (nSPS) is 11.0. The molecule has 0 saturated heterocycles. The molecule has 0 saturated carbocycles. The highest BCUT2D eigenvalue weighted by molar-refractivity contribution is 14.0. The Kier molecular flexibility index (Phi) is 11.6. The minimum Gasteiger partial charge on any atom is -0.444 e. The number of nitriles is 1. The summed E-state index contributed by atoms with van der Waals surface area (Å²) in [6.07, 6.45) is 0.342. The summed E-state index contributed by atoms with van der Waals surface area (Å²) < 4.78 is 5.26. The number of carbonyl (C=O) groups is 1. The average molecular weight is 549 g/mol. The lowest BCUT2D eigenvalue weighted by molar-refractivity contribution is 0.0636. The molecule has 0 atom stereocenters. The zero-order chi connectivity index (χ0) is 22.7. The fourth-order valence-electron chi connectivity index (χ4n) is 2.75. The quantitative estimate of drug-likeness (QED) is 0.261. The number of carbonyl (C=O) groups excluding carboxylic acids is 1. The van der Waals surface area contributed by atoms with Gasteiger partial charge in [0.1, 0.15) is 5.60 Å². The van der Waals surface area contributed by atoms with Crippen LogP contribution in [0.2, 0.25) is 0 Å². The van der Waals surface area contributed by atoms with Crippen LogP contribution in [-0.2, 0) is 17.7 Å². The Labute approximate surface area is 207 Å². The van der Waals surface area contributed by atoms with E-state index in [-0.39, 0.29) is 24.0 Å². The van der Waals surface area contributed by atoms with Crippen LogP contribution in [0.15, 0.2) is 53.5 Å². The second-order valence-corrected chi connectivity index (χ2v) is 8.01. The van der Waals surface area contributed by atoms with E-state index in [1.165, 1.54) is 0 Å². The number of ether oxygens (including phenoxy) is 1. The van der Waals surface area contributed by atoms with Gasteiger partial charge in [0.05, 0.1) is 18.2 Å². The molecule has 2 aromatic carbocycles. The molecule has 0 heterocycles. The molecule has 0 aliphatic carbocycles. The molecule has 0 radical (unpaired) electrons. The lowest BCUT2D eigenvalue weighted by Crippen LogP contribution is -2.38. The van der Waals surface area contributed by atoms with E-state index in [0.717, 1.165) is 30.1 Å². The first kappa shape index (κ1) is 27.2. The predicted molar refractivity (Wildman–Crippen MR) is 139 cm³/mol. The number of benzene rings is 2. The van der Waals surface area contributed by atoms with E-state index in [1.54, 1.807) is 6.07 Å². The zero-order valence-corrected chi connectivity index (χ0v) is 21.4. The van der Waals surface area contributed by atoms with E-state index in [9.17, 15) is 4.79 Å². The van der Waals surface area contributed by atoms with Crippen LogP contribution in [0.4, 0.5) is 10.5 Å². The van der Waals surface area contributed by atoms with Gasteiger partial charge in [-0.1, -0.05) is 24.3 Å². The number of halogens is 1. The number of guanidine groups is 1. The van der Waals surface area contributed by atoms with Crippen LogP contribution in [0.1, 0.15) is 44.4 Å². The van der Waals surface area contributed by atoms with Crippen LogP contribution in [0.3, 0.4) is 0 Å². The van der Waals surface area contributed by atoms with Gasteiger partial charge >= 0.3 is 6.09 Å². The summed E-state index contributed by atoms with van der Waals surface area (Å²) in [5, 5.41) is 18.3. The van der Waals surface area contributed by atoms with Gasteiger partial charge in [-0.15, -0.1) is 24.0 Å². The Balaban J connectivity index is 0.00000512. The van der Waals surface area contributed by atoms with Crippen molar-refractivity contribution in [2.45, 2.75) is 46.3 Å². The molecule has 3 N–H and O–H groups in total. The fourth-order valence-corrected chi connectivity index (χ4v) is 2.75. The summed E-state index contributed by atoms with van der Waals surface area (Å²) in [6.45, 7) is 9.48. The molecule has 0 fully saturated rings. The van der Waals surface area contributed by atoms with Crippen LogP contribution >= 0.6 is 24.0 Å². The first-order chi connectivity index (χ1) is 14.8. The molecule has 0 aromatic heterocycles. The van der Waals surface area contributed by atoms with Crippen LogP contribution in [0.25, 0.3) is 0 Å². The Morgan fingerprint density at radius 3 is 2.44 bits per heavy atom. The SMILES string of the molecule is CCNC(=NCc1cccc(C#N)c1)NCCc1ccc(NC(=O)OC(C)(C)C)cc1.I. The number of nitrogens with zero attached hydrogens (tertiary/aromatic N) is 2. The minimum absolute atomic E-state index is 0. The van der Waals surface area contributed by atoms with Crippen molar-refractivity contribution in [3.05, 3.63) is 65.2 Å². The molecule has 0 bridgehead atoms. The molecule has 0 aliphatic rings. The fraction of sp³-hybridized carbons (Fsp3) is 0.375. The molecule has 0 aliphatic heterocycles. The van der Waals surface area contributed by atoms with E-state index in [0.29, 0.717) is 24.3 Å². The van der Waals surface area contributed by atoms with Crippen molar-refractivity contribution in [1.29, 1.82) is 5.26 Å². The third kappa shape index (κ3) is 10.5. The molecule has 8 heteroatoms. The topological polar surface area (TPSA) is 98.5 Å². The summed E-state index contributed by atoms with van der Waals surface area (Å²) >= 11 is 0. The number of rotatable bonds is 7. The number of aliphatic imine (C=N–C) groups is 1. The smallest absolute Gasteiger partial charge is 0.412 e. The van der Waals surface area contributed by atoms with Gasteiger partial charge in [0.15, 0.2) is 5.96 Å². The van der Waals surface area contributed by atoms with Crippen molar-refractivity contribution >= 4 is 41.7 Å². The van der Waals surface area contributed by atoms with E-state index in [4.69, 9.17) is 10.00 Å². The van der Waals surface area contributed by atoms with Crippen LogP contribution in [0.5, 0.6) is 0 Å². The zero-order valence-electron chi connectivity index (χ0n) is 19.1. The highest BCUT2D eigenvalue weighted by atomic mass is 127. The monoisotopic (exact) mass is 549 g/mol. The maximum absolute atomic E-state index is 11.8. The van der Waals surface area contributed by atoms with Crippen molar-refractivity contribution in [1.82, 2.24) is 10.6 Å². The van der Waals surface area contributed by atoms with Crippen molar-refractivity contribution in [3.63, 3.8) is 0 Å². The molecule has 2 rings (SSSR count). The van der Waals surface area contributed by atoms with Gasteiger partial charge in [0.25, 0.3) is 0 Å². The van der Waals surface area contributed by atoms with Crippen LogP contribution in [-0.4, -0.2) is 30.7 Å². The van der Waals surface area contributed by atoms with Gasteiger partial charge in [0.2, 0.25) is 0 Å². The first-order valence-corrected chi connectivity index (χ1v) is 10.4. The first-order valence-electron chi connectivity index (χ1n) is 10.4. The van der Waals surface area contributed by atoms with E-state index < -0.39 is 11.7 Å². The van der Waals surface area contributed by atoms with Gasteiger partial charge in [-0.05, 0) is 69.5 Å². The third-order valence-electron chi connectivity index (χ3n) is 4.13. The van der Waals surface area contributed by atoms with Crippen LogP contribution < -0.4 is 16.0 Å². The number of amides is 1. The molecule has 1 amide bonds. The number of hydrogen-bond donors (Lipinski definition) is 3. The van der Waals surface area contributed by atoms with Crippen molar-refractivity contribution in [2.24, 2.45) is 4.99 Å². The van der Waals surface area contributed by atoms with Crippen molar-refractivity contribution in [3.8, 4) is 6.07 Å². The maximum Gasteiger partial charge on any atom is 0.412 e. The molecule has 0 unspecified atom stereocenters. The number of anilines is 1. The molecule has 172 valence electrons. The lowest BCUT2D eigenvalue weighted by atomic mass is 10.1. The van der Waals surface area contributed by atoms with Gasteiger partial charge in [-0.25, -0.2) is 9.79 Å². The third-order valence-corrected chi connectivity index (χ3v) is 4.13. The van der Waals surface area contributed by atoms with E-state index in [1.807, 2.05) is 70.2 Å². The molecule has 0 spiro atoms. The predicted octanol–water partition coefficient (Wildman–Crippen LogP) is 4.82. The summed E-state index contributed by atoms with van der Waals surface area (Å²) in [7, 11) is 0. The van der Waals surface area contributed by atoms with Gasteiger partial charge < -0.3 is 15.4 Å². The Bertz CT molecular complexity index is 931. The molecule has 2 aromatic rings. The van der Waals surface area contributed by atoms with Crippen LogP contribution in [0, 0.1) is 11.3 Å². The summed E-state index contributed by atoms with van der Waals surface area (Å²) in [5.41, 5.74) is 2.93. The van der Waals surface area contributed by atoms with Gasteiger partial charge in [-0.2, -0.15) is 5.26 Å². The number of hydrogen-bond acceptors (Lipinski definition) is 4. The Morgan fingerprint density at radius 1 is 1.09 bits per heavy atom. The highest BCUT2D eigenvalue weighted by Crippen LogP contribution is 2.13. The largest absolute Gasteiger partial charge is 0.444 e. The standard InChI is InChI=1S/C24H31N5O2.HI/c1-5-26-22(28-17-20-8-6-7-19(15-20)16-25)27-14-13-18-9-11-21(12-10-18)29-23(30)31-24(2,3)4;/h6-12,15H,5,13-14,17H2,1-4H3,(H,29,30)(H2,26,27,28);1H. The van der Waals surface area contributed by atoms with E-state index in [2.05, 4.69) is 27.0 Å².